The smallest absolute Gasteiger partial charge is 0.150 e. The predicted octanol–water partition coefficient (Wildman–Crippen LogP) is 2.21. The number of pyridine rings is 1. The quantitative estimate of drug-likeness (QED) is 0.875. The minimum Gasteiger partial charge on any atom is -0.314 e. The molecule has 1 fully saturated rings. The van der Waals surface area contributed by atoms with Crippen molar-refractivity contribution >= 4 is 9.84 Å². The maximum absolute atomic E-state index is 11.8. The Hall–Kier alpha value is -0.940. The summed E-state index contributed by atoms with van der Waals surface area (Å²) in [5.74, 6) is 0.417. The maximum Gasteiger partial charge on any atom is 0.150 e. The van der Waals surface area contributed by atoms with Crippen LogP contribution in [0.4, 0.5) is 0 Å². The summed E-state index contributed by atoms with van der Waals surface area (Å²) in [6.45, 7) is 3.00. The van der Waals surface area contributed by atoms with E-state index < -0.39 is 9.84 Å². The van der Waals surface area contributed by atoms with Gasteiger partial charge in [0.15, 0.2) is 0 Å². The summed E-state index contributed by atoms with van der Waals surface area (Å²) in [7, 11) is -2.92. The van der Waals surface area contributed by atoms with Crippen LogP contribution in [0.2, 0.25) is 0 Å². The molecule has 21 heavy (non-hydrogen) atoms. The van der Waals surface area contributed by atoms with Gasteiger partial charge < -0.3 is 5.32 Å². The molecule has 1 aromatic rings. The summed E-state index contributed by atoms with van der Waals surface area (Å²) in [5.41, 5.74) is 1.07. The lowest BCUT2D eigenvalue weighted by molar-refractivity contribution is 0.269. The van der Waals surface area contributed by atoms with Crippen molar-refractivity contribution in [3.63, 3.8) is 0 Å². The van der Waals surface area contributed by atoms with E-state index in [2.05, 4.69) is 17.2 Å². The predicted molar refractivity (Wildman–Crippen MR) is 86.0 cm³/mol. The molecule has 0 radical (unpaired) electrons. The standard InChI is InChI=1S/C16H26N2O2S/c1-3-17-16(12-14-8-4-5-10-18-14)13-7-6-9-15(11-13)21(2,19)20/h4-5,8,10,13,15-17H,3,6-7,9,11-12H2,1-2H3. The Labute approximate surface area is 128 Å². The number of hydrogen-bond donors (Lipinski definition) is 1. The molecule has 2 rings (SSSR count). The number of sulfone groups is 1. The van der Waals surface area contributed by atoms with Gasteiger partial charge in [0, 0.05) is 30.6 Å². The lowest BCUT2D eigenvalue weighted by atomic mass is 9.82. The molecular formula is C16H26N2O2S. The lowest BCUT2D eigenvalue weighted by Crippen LogP contribution is -2.42. The third kappa shape index (κ3) is 4.78. The average Bonchev–Trinajstić information content (AvgIpc) is 2.47. The first-order valence-electron chi connectivity index (χ1n) is 7.83. The molecule has 1 aliphatic carbocycles. The minimum absolute atomic E-state index is 0.166. The second kappa shape index (κ2) is 7.36. The molecule has 0 amide bonds. The Bertz CT molecular complexity index is 530. The fourth-order valence-electron chi connectivity index (χ4n) is 3.35. The van der Waals surface area contributed by atoms with E-state index in [0.717, 1.165) is 44.3 Å². The second-order valence-electron chi connectivity index (χ2n) is 6.07. The topological polar surface area (TPSA) is 59.1 Å². The molecule has 4 nitrogen and oxygen atoms in total. The molecule has 0 aliphatic heterocycles. The molecule has 3 unspecified atom stereocenters. The van der Waals surface area contributed by atoms with Crippen LogP contribution < -0.4 is 5.32 Å². The van der Waals surface area contributed by atoms with Crippen molar-refractivity contribution in [1.82, 2.24) is 10.3 Å². The zero-order valence-corrected chi connectivity index (χ0v) is 13.8. The van der Waals surface area contributed by atoms with Gasteiger partial charge in [-0.05, 0) is 43.9 Å². The van der Waals surface area contributed by atoms with Crippen molar-refractivity contribution in [2.45, 2.75) is 50.3 Å². The van der Waals surface area contributed by atoms with Gasteiger partial charge in [0.05, 0.1) is 5.25 Å². The number of likely N-dealkylation sites (N-methyl/N-ethyl adjacent to an activating group) is 1. The summed E-state index contributed by atoms with van der Waals surface area (Å²) < 4.78 is 23.7. The number of aromatic nitrogens is 1. The molecule has 3 atom stereocenters. The Morgan fingerprint density at radius 2 is 2.19 bits per heavy atom. The normalized spacial score (nSPS) is 24.7. The molecule has 1 aromatic heterocycles. The third-order valence-corrected chi connectivity index (χ3v) is 6.10. The number of nitrogens with one attached hydrogen (secondary N) is 1. The van der Waals surface area contributed by atoms with Gasteiger partial charge in [0.25, 0.3) is 0 Å². The molecular weight excluding hydrogens is 284 g/mol. The van der Waals surface area contributed by atoms with Gasteiger partial charge in [-0.3, -0.25) is 4.98 Å². The van der Waals surface area contributed by atoms with Gasteiger partial charge in [0.2, 0.25) is 0 Å². The van der Waals surface area contributed by atoms with Crippen molar-refractivity contribution in [2.75, 3.05) is 12.8 Å². The largest absolute Gasteiger partial charge is 0.314 e. The summed E-state index contributed by atoms with van der Waals surface area (Å²) in [6.07, 6.45) is 7.78. The van der Waals surface area contributed by atoms with E-state index in [0.29, 0.717) is 12.0 Å². The van der Waals surface area contributed by atoms with Gasteiger partial charge in [-0.2, -0.15) is 0 Å². The Morgan fingerprint density at radius 3 is 2.81 bits per heavy atom. The Morgan fingerprint density at radius 1 is 1.38 bits per heavy atom. The van der Waals surface area contributed by atoms with Gasteiger partial charge in [0.1, 0.15) is 9.84 Å². The van der Waals surface area contributed by atoms with E-state index in [9.17, 15) is 8.42 Å². The molecule has 1 aliphatic rings. The van der Waals surface area contributed by atoms with Crippen LogP contribution in [0.1, 0.15) is 38.3 Å². The molecule has 1 heterocycles. The molecule has 118 valence electrons. The van der Waals surface area contributed by atoms with E-state index in [-0.39, 0.29) is 5.25 Å². The van der Waals surface area contributed by atoms with Crippen LogP contribution in [0.3, 0.4) is 0 Å². The highest BCUT2D eigenvalue weighted by Crippen LogP contribution is 2.31. The van der Waals surface area contributed by atoms with Crippen molar-refractivity contribution in [3.8, 4) is 0 Å². The first-order chi connectivity index (χ1) is 10.0. The van der Waals surface area contributed by atoms with Crippen LogP contribution in [-0.2, 0) is 16.3 Å². The van der Waals surface area contributed by atoms with Crippen molar-refractivity contribution in [2.24, 2.45) is 5.92 Å². The van der Waals surface area contributed by atoms with Crippen LogP contribution in [0.5, 0.6) is 0 Å². The molecule has 1 N–H and O–H groups in total. The highest BCUT2D eigenvalue weighted by molar-refractivity contribution is 7.91. The van der Waals surface area contributed by atoms with Gasteiger partial charge in [-0.15, -0.1) is 0 Å². The first-order valence-corrected chi connectivity index (χ1v) is 9.78. The molecule has 0 aromatic carbocycles. The zero-order valence-electron chi connectivity index (χ0n) is 13.0. The van der Waals surface area contributed by atoms with Gasteiger partial charge in [-0.25, -0.2) is 8.42 Å². The molecule has 0 bridgehead atoms. The SMILES string of the molecule is CCNC(Cc1ccccn1)C1CCCC(S(C)(=O)=O)C1. The Balaban J connectivity index is 2.07. The number of hydrogen-bond acceptors (Lipinski definition) is 4. The molecule has 0 saturated heterocycles. The summed E-state index contributed by atoms with van der Waals surface area (Å²) in [4.78, 5) is 4.41. The van der Waals surface area contributed by atoms with E-state index >= 15 is 0 Å². The van der Waals surface area contributed by atoms with Crippen molar-refractivity contribution < 1.29 is 8.42 Å². The van der Waals surface area contributed by atoms with Gasteiger partial charge >= 0.3 is 0 Å². The zero-order chi connectivity index (χ0) is 15.3. The maximum atomic E-state index is 11.8. The third-order valence-electron chi connectivity index (χ3n) is 4.46. The molecule has 5 heteroatoms. The van der Waals surface area contributed by atoms with E-state index in [1.54, 1.807) is 0 Å². The second-order valence-corrected chi connectivity index (χ2v) is 8.39. The summed E-state index contributed by atoms with van der Waals surface area (Å²) >= 11 is 0. The van der Waals surface area contributed by atoms with Crippen LogP contribution in [0.25, 0.3) is 0 Å². The van der Waals surface area contributed by atoms with Crippen LogP contribution in [0, 0.1) is 5.92 Å². The first kappa shape index (κ1) is 16.4. The highest BCUT2D eigenvalue weighted by Gasteiger charge is 2.32. The lowest BCUT2D eigenvalue weighted by Gasteiger charge is -2.34. The van der Waals surface area contributed by atoms with E-state index in [1.165, 1.54) is 6.26 Å². The fraction of sp³-hybridized carbons (Fsp3) is 0.688. The van der Waals surface area contributed by atoms with Crippen molar-refractivity contribution in [3.05, 3.63) is 30.1 Å². The molecule has 1 saturated carbocycles. The van der Waals surface area contributed by atoms with Crippen LogP contribution in [-0.4, -0.2) is 37.5 Å². The van der Waals surface area contributed by atoms with Crippen LogP contribution in [0.15, 0.2) is 24.4 Å². The summed E-state index contributed by atoms with van der Waals surface area (Å²) in [6, 6.07) is 6.29. The number of rotatable bonds is 6. The summed E-state index contributed by atoms with van der Waals surface area (Å²) in [5, 5.41) is 3.37. The van der Waals surface area contributed by atoms with E-state index in [4.69, 9.17) is 0 Å². The Kier molecular flexibility index (Phi) is 5.76. The fourth-order valence-corrected chi connectivity index (χ4v) is 4.54. The highest BCUT2D eigenvalue weighted by atomic mass is 32.2. The number of nitrogens with zero attached hydrogens (tertiary/aromatic N) is 1. The average molecular weight is 310 g/mol. The van der Waals surface area contributed by atoms with Crippen LogP contribution >= 0.6 is 0 Å². The van der Waals surface area contributed by atoms with Crippen molar-refractivity contribution in [1.29, 1.82) is 0 Å². The van der Waals surface area contributed by atoms with Gasteiger partial charge in [-0.1, -0.05) is 19.4 Å². The minimum atomic E-state index is -2.92. The monoisotopic (exact) mass is 310 g/mol. The van der Waals surface area contributed by atoms with E-state index in [1.807, 2.05) is 24.4 Å². The molecule has 0 spiro atoms.